The zero-order valence-corrected chi connectivity index (χ0v) is 17.4. The first-order valence-electron chi connectivity index (χ1n) is 9.91. The predicted octanol–water partition coefficient (Wildman–Crippen LogP) is 3.61. The molecule has 0 aromatic heterocycles. The molecule has 3 N–H and O–H groups in total. The van der Waals surface area contributed by atoms with Gasteiger partial charge in [0.2, 0.25) is 5.91 Å². The first kappa shape index (κ1) is 21.4. The van der Waals surface area contributed by atoms with Gasteiger partial charge in [-0.2, -0.15) is 0 Å². The van der Waals surface area contributed by atoms with E-state index in [9.17, 15) is 9.90 Å². The molecule has 1 aliphatic heterocycles. The van der Waals surface area contributed by atoms with Crippen molar-refractivity contribution in [1.82, 2.24) is 4.90 Å². The Morgan fingerprint density at radius 1 is 1.21 bits per heavy atom. The van der Waals surface area contributed by atoms with Crippen LogP contribution in [0, 0.1) is 0 Å². The van der Waals surface area contributed by atoms with Crippen LogP contribution in [0.4, 0.5) is 11.4 Å². The third-order valence-electron chi connectivity index (χ3n) is 4.90. The van der Waals surface area contributed by atoms with E-state index in [1.165, 1.54) is 6.92 Å². The van der Waals surface area contributed by atoms with Gasteiger partial charge in [-0.3, -0.25) is 4.79 Å². The molecule has 29 heavy (non-hydrogen) atoms. The number of nitrogens with zero attached hydrogens (tertiary/aromatic N) is 1. The van der Waals surface area contributed by atoms with Crippen LogP contribution in [0.1, 0.15) is 19.8 Å². The SMILES string of the molecule is CC(=O)Nc1ccccc1OCC(O)CN1CCC(Nc2ccc(Cl)cc2)CC1. The number of aliphatic hydroxyl groups excluding tert-OH is 1. The lowest BCUT2D eigenvalue weighted by atomic mass is 10.0. The maximum absolute atomic E-state index is 11.3. The molecule has 0 bridgehead atoms. The second kappa shape index (κ2) is 10.5. The number of benzene rings is 2. The Balaban J connectivity index is 1.40. The van der Waals surface area contributed by atoms with E-state index in [-0.39, 0.29) is 12.5 Å². The summed E-state index contributed by atoms with van der Waals surface area (Å²) in [7, 11) is 0. The third kappa shape index (κ3) is 6.92. The number of halogens is 1. The van der Waals surface area contributed by atoms with Gasteiger partial charge in [0.1, 0.15) is 18.5 Å². The second-order valence-corrected chi connectivity index (χ2v) is 7.80. The summed E-state index contributed by atoms with van der Waals surface area (Å²) in [6, 6.07) is 15.4. The van der Waals surface area contributed by atoms with E-state index in [1.807, 2.05) is 36.4 Å². The number of anilines is 2. The normalized spacial score (nSPS) is 16.2. The summed E-state index contributed by atoms with van der Waals surface area (Å²) in [5.41, 5.74) is 1.69. The van der Waals surface area contributed by atoms with Crippen molar-refractivity contribution in [2.24, 2.45) is 0 Å². The predicted molar refractivity (Wildman–Crippen MR) is 117 cm³/mol. The van der Waals surface area contributed by atoms with Gasteiger partial charge in [-0.1, -0.05) is 23.7 Å². The van der Waals surface area contributed by atoms with Crippen molar-refractivity contribution in [1.29, 1.82) is 0 Å². The number of piperidine rings is 1. The number of hydrogen-bond acceptors (Lipinski definition) is 5. The van der Waals surface area contributed by atoms with E-state index in [4.69, 9.17) is 16.3 Å². The third-order valence-corrected chi connectivity index (χ3v) is 5.15. The highest BCUT2D eigenvalue weighted by Gasteiger charge is 2.21. The number of para-hydroxylation sites is 2. The Bertz CT molecular complexity index is 792. The van der Waals surface area contributed by atoms with E-state index in [1.54, 1.807) is 12.1 Å². The number of hydrogen-bond donors (Lipinski definition) is 3. The van der Waals surface area contributed by atoms with Crippen molar-refractivity contribution in [3.63, 3.8) is 0 Å². The van der Waals surface area contributed by atoms with E-state index in [2.05, 4.69) is 15.5 Å². The average Bonchev–Trinajstić information content (AvgIpc) is 2.70. The van der Waals surface area contributed by atoms with Crippen molar-refractivity contribution < 1.29 is 14.6 Å². The highest BCUT2D eigenvalue weighted by molar-refractivity contribution is 6.30. The lowest BCUT2D eigenvalue weighted by Crippen LogP contribution is -2.43. The molecule has 156 valence electrons. The number of carbonyl (C=O) groups excluding carboxylic acids is 1. The van der Waals surface area contributed by atoms with Crippen LogP contribution in [0.25, 0.3) is 0 Å². The minimum Gasteiger partial charge on any atom is -0.489 e. The van der Waals surface area contributed by atoms with Gasteiger partial charge < -0.3 is 25.4 Å². The number of aliphatic hydroxyl groups is 1. The van der Waals surface area contributed by atoms with Gasteiger partial charge in [0, 0.05) is 43.3 Å². The molecule has 6 nitrogen and oxygen atoms in total. The van der Waals surface area contributed by atoms with E-state index >= 15 is 0 Å². The van der Waals surface area contributed by atoms with Crippen molar-refractivity contribution >= 4 is 28.9 Å². The van der Waals surface area contributed by atoms with Crippen LogP contribution in [0.2, 0.25) is 5.02 Å². The fraction of sp³-hybridized carbons (Fsp3) is 0.409. The van der Waals surface area contributed by atoms with Crippen molar-refractivity contribution in [2.75, 3.05) is 36.9 Å². The molecule has 0 aliphatic carbocycles. The maximum atomic E-state index is 11.3. The van der Waals surface area contributed by atoms with Crippen LogP contribution in [0.3, 0.4) is 0 Å². The number of nitrogens with one attached hydrogen (secondary N) is 2. The molecule has 1 atom stereocenters. The fourth-order valence-electron chi connectivity index (χ4n) is 3.46. The zero-order chi connectivity index (χ0) is 20.6. The number of ether oxygens (including phenoxy) is 1. The Labute approximate surface area is 176 Å². The van der Waals surface area contributed by atoms with E-state index < -0.39 is 6.10 Å². The zero-order valence-electron chi connectivity index (χ0n) is 16.6. The number of rotatable bonds is 8. The molecule has 3 rings (SSSR count). The Morgan fingerprint density at radius 2 is 1.90 bits per heavy atom. The van der Waals surface area contributed by atoms with Crippen LogP contribution in [-0.4, -0.2) is 54.3 Å². The Morgan fingerprint density at radius 3 is 2.59 bits per heavy atom. The molecule has 1 saturated heterocycles. The van der Waals surface area contributed by atoms with Crippen molar-refractivity contribution in [2.45, 2.75) is 31.9 Å². The first-order chi connectivity index (χ1) is 14.0. The molecule has 1 fully saturated rings. The largest absolute Gasteiger partial charge is 0.489 e. The molecule has 2 aromatic rings. The summed E-state index contributed by atoms with van der Waals surface area (Å²) >= 11 is 5.93. The number of β-amino-alcohol motifs (C(OH)–C–C–N with tert-alkyl or cyclic N) is 1. The van der Waals surface area contributed by atoms with Crippen LogP contribution >= 0.6 is 11.6 Å². The molecule has 0 spiro atoms. The first-order valence-corrected chi connectivity index (χ1v) is 10.3. The van der Waals surface area contributed by atoms with E-state index in [0.717, 1.165) is 36.6 Å². The monoisotopic (exact) mass is 417 g/mol. The van der Waals surface area contributed by atoms with Crippen LogP contribution in [0.15, 0.2) is 48.5 Å². The number of amides is 1. The minimum atomic E-state index is -0.596. The van der Waals surface area contributed by atoms with Gasteiger partial charge in [-0.15, -0.1) is 0 Å². The smallest absolute Gasteiger partial charge is 0.221 e. The number of carbonyl (C=O) groups is 1. The standard InChI is InChI=1S/C22H28ClN3O3/c1-16(27)24-21-4-2-3-5-22(21)29-15-20(28)14-26-12-10-19(11-13-26)25-18-8-6-17(23)7-9-18/h2-9,19-20,25,28H,10-15H2,1H3,(H,24,27). The highest BCUT2D eigenvalue weighted by Crippen LogP contribution is 2.24. The Hall–Kier alpha value is -2.28. The lowest BCUT2D eigenvalue weighted by Gasteiger charge is -2.34. The molecule has 1 unspecified atom stereocenters. The molecule has 1 amide bonds. The van der Waals surface area contributed by atoms with Crippen LogP contribution in [-0.2, 0) is 4.79 Å². The van der Waals surface area contributed by atoms with Crippen molar-refractivity contribution in [3.8, 4) is 5.75 Å². The summed E-state index contributed by atoms with van der Waals surface area (Å²) in [5.74, 6) is 0.407. The van der Waals surface area contributed by atoms with Crippen molar-refractivity contribution in [3.05, 3.63) is 53.6 Å². The molecule has 7 heteroatoms. The summed E-state index contributed by atoms with van der Waals surface area (Å²) in [5, 5.41) is 17.4. The van der Waals surface area contributed by atoms with Gasteiger partial charge >= 0.3 is 0 Å². The highest BCUT2D eigenvalue weighted by atomic mass is 35.5. The molecule has 1 heterocycles. The summed E-state index contributed by atoms with van der Waals surface area (Å²) in [6.45, 7) is 4.04. The molecule has 0 radical (unpaired) electrons. The number of likely N-dealkylation sites (tertiary alicyclic amines) is 1. The van der Waals surface area contributed by atoms with Gasteiger partial charge in [0.25, 0.3) is 0 Å². The average molecular weight is 418 g/mol. The van der Waals surface area contributed by atoms with Gasteiger partial charge in [0.15, 0.2) is 0 Å². The molecule has 0 saturated carbocycles. The van der Waals surface area contributed by atoms with Gasteiger partial charge in [0.05, 0.1) is 5.69 Å². The molecule has 2 aromatic carbocycles. The van der Waals surface area contributed by atoms with Gasteiger partial charge in [-0.05, 0) is 49.2 Å². The molecular weight excluding hydrogens is 390 g/mol. The second-order valence-electron chi connectivity index (χ2n) is 7.37. The Kier molecular flexibility index (Phi) is 7.75. The topological polar surface area (TPSA) is 73.8 Å². The lowest BCUT2D eigenvalue weighted by molar-refractivity contribution is -0.114. The minimum absolute atomic E-state index is 0.156. The fourth-order valence-corrected chi connectivity index (χ4v) is 3.59. The van der Waals surface area contributed by atoms with Crippen LogP contribution in [0.5, 0.6) is 5.75 Å². The van der Waals surface area contributed by atoms with E-state index in [0.29, 0.717) is 24.0 Å². The molecule has 1 aliphatic rings. The quantitative estimate of drug-likeness (QED) is 0.611. The summed E-state index contributed by atoms with van der Waals surface area (Å²) < 4.78 is 5.74. The van der Waals surface area contributed by atoms with Crippen LogP contribution < -0.4 is 15.4 Å². The molecular formula is C22H28ClN3O3. The summed E-state index contributed by atoms with van der Waals surface area (Å²) in [4.78, 5) is 13.5. The summed E-state index contributed by atoms with van der Waals surface area (Å²) in [6.07, 6.45) is 1.43. The van der Waals surface area contributed by atoms with Gasteiger partial charge in [-0.25, -0.2) is 0 Å². The maximum Gasteiger partial charge on any atom is 0.221 e.